The molecular formula is C15H13F2NO2S. The fourth-order valence-corrected chi connectivity index (χ4v) is 2.30. The summed E-state index contributed by atoms with van der Waals surface area (Å²) in [6, 6.07) is 10.1. The number of anilines is 1. The van der Waals surface area contributed by atoms with Crippen molar-refractivity contribution in [3.05, 3.63) is 54.1 Å². The number of nitrogens with one attached hydrogen (secondary N) is 1. The molecule has 1 amide bonds. The third-order valence-electron chi connectivity index (χ3n) is 2.63. The molecule has 0 aliphatic heterocycles. The van der Waals surface area contributed by atoms with E-state index in [1.54, 1.807) is 19.2 Å². The zero-order valence-corrected chi connectivity index (χ0v) is 12.0. The molecule has 0 saturated heterocycles. The van der Waals surface area contributed by atoms with Crippen LogP contribution >= 0.6 is 11.8 Å². The van der Waals surface area contributed by atoms with Crippen molar-refractivity contribution in [2.24, 2.45) is 0 Å². The Labute approximate surface area is 125 Å². The largest absolute Gasteiger partial charge is 0.497 e. The summed E-state index contributed by atoms with van der Waals surface area (Å²) in [7, 11) is 1.57. The van der Waals surface area contributed by atoms with Crippen molar-refractivity contribution < 1.29 is 18.3 Å². The number of carbonyl (C=O) groups excluding carboxylic acids is 1. The van der Waals surface area contributed by atoms with E-state index in [1.807, 2.05) is 12.1 Å². The van der Waals surface area contributed by atoms with Gasteiger partial charge in [-0.15, -0.1) is 11.8 Å². The minimum atomic E-state index is -0.667. The smallest absolute Gasteiger partial charge is 0.234 e. The predicted molar refractivity (Wildman–Crippen MR) is 78.7 cm³/mol. The minimum Gasteiger partial charge on any atom is -0.497 e. The van der Waals surface area contributed by atoms with Crippen LogP contribution in [0.2, 0.25) is 0 Å². The number of hydrogen-bond acceptors (Lipinski definition) is 3. The maximum absolute atomic E-state index is 13.4. The van der Waals surface area contributed by atoms with Crippen molar-refractivity contribution in [1.82, 2.24) is 0 Å². The lowest BCUT2D eigenvalue weighted by Crippen LogP contribution is -2.15. The van der Waals surface area contributed by atoms with Gasteiger partial charge in [0.1, 0.15) is 17.4 Å². The molecule has 2 rings (SSSR count). The summed E-state index contributed by atoms with van der Waals surface area (Å²) < 4.78 is 31.4. The Kier molecular flexibility index (Phi) is 5.16. The second-order valence-electron chi connectivity index (χ2n) is 4.14. The molecule has 2 aromatic rings. The van der Waals surface area contributed by atoms with Gasteiger partial charge < -0.3 is 10.1 Å². The van der Waals surface area contributed by atoms with Gasteiger partial charge in [0.2, 0.25) is 5.91 Å². The molecule has 0 radical (unpaired) electrons. The van der Waals surface area contributed by atoms with E-state index in [0.717, 1.165) is 28.8 Å². The van der Waals surface area contributed by atoms with E-state index in [4.69, 9.17) is 4.74 Å². The Morgan fingerprint density at radius 1 is 1.19 bits per heavy atom. The minimum absolute atomic E-state index is 0.0995. The highest BCUT2D eigenvalue weighted by Gasteiger charge is 2.08. The summed E-state index contributed by atoms with van der Waals surface area (Å²) in [5.41, 5.74) is -0.157. The van der Waals surface area contributed by atoms with E-state index < -0.39 is 17.5 Å². The van der Waals surface area contributed by atoms with Gasteiger partial charge in [0, 0.05) is 11.0 Å². The van der Waals surface area contributed by atoms with Crippen LogP contribution in [0.4, 0.5) is 14.5 Å². The van der Waals surface area contributed by atoms with Crippen molar-refractivity contribution in [2.45, 2.75) is 4.90 Å². The number of rotatable bonds is 5. The van der Waals surface area contributed by atoms with Crippen LogP contribution in [-0.4, -0.2) is 18.8 Å². The molecule has 3 nitrogen and oxygen atoms in total. The van der Waals surface area contributed by atoms with Crippen molar-refractivity contribution in [1.29, 1.82) is 0 Å². The topological polar surface area (TPSA) is 38.3 Å². The second-order valence-corrected chi connectivity index (χ2v) is 5.19. The summed E-state index contributed by atoms with van der Waals surface area (Å²) in [4.78, 5) is 12.6. The van der Waals surface area contributed by atoms with Crippen LogP contribution in [0.1, 0.15) is 0 Å². The van der Waals surface area contributed by atoms with E-state index >= 15 is 0 Å². The first-order valence-electron chi connectivity index (χ1n) is 6.10. The lowest BCUT2D eigenvalue weighted by molar-refractivity contribution is -0.113. The lowest BCUT2D eigenvalue weighted by atomic mass is 10.3. The van der Waals surface area contributed by atoms with Crippen molar-refractivity contribution in [3.63, 3.8) is 0 Å². The maximum Gasteiger partial charge on any atom is 0.234 e. The number of halogens is 2. The number of hydrogen-bond donors (Lipinski definition) is 1. The zero-order valence-electron chi connectivity index (χ0n) is 11.2. The molecule has 0 aliphatic carbocycles. The molecule has 1 N–H and O–H groups in total. The van der Waals surface area contributed by atoms with Gasteiger partial charge in [-0.1, -0.05) is 0 Å². The summed E-state index contributed by atoms with van der Waals surface area (Å²) in [5.74, 6) is -0.845. The molecule has 0 bridgehead atoms. The number of benzene rings is 2. The van der Waals surface area contributed by atoms with Crippen LogP contribution in [0.15, 0.2) is 47.4 Å². The Bertz CT molecular complexity index is 632. The van der Waals surface area contributed by atoms with Crippen molar-refractivity contribution in [2.75, 3.05) is 18.2 Å². The number of thioether (sulfide) groups is 1. The Morgan fingerprint density at radius 3 is 2.57 bits per heavy atom. The van der Waals surface area contributed by atoms with Crippen LogP contribution in [0.5, 0.6) is 5.75 Å². The highest BCUT2D eigenvalue weighted by atomic mass is 32.2. The molecule has 0 fully saturated rings. The fourth-order valence-electron chi connectivity index (χ4n) is 1.60. The number of methoxy groups -OCH3 is 1. The standard InChI is InChI=1S/C15H13F2NO2S/c1-20-11-3-5-12(6-4-11)21-9-15(19)18-14-8-10(16)2-7-13(14)17/h2-8H,9H2,1H3,(H,18,19). The molecule has 0 saturated carbocycles. The fraction of sp³-hybridized carbons (Fsp3) is 0.133. The maximum atomic E-state index is 13.4. The third kappa shape index (κ3) is 4.46. The molecular weight excluding hydrogens is 296 g/mol. The lowest BCUT2D eigenvalue weighted by Gasteiger charge is -2.07. The average Bonchev–Trinajstić information content (AvgIpc) is 2.49. The van der Waals surface area contributed by atoms with Crippen LogP contribution in [0.25, 0.3) is 0 Å². The van der Waals surface area contributed by atoms with Crippen LogP contribution in [0, 0.1) is 11.6 Å². The highest BCUT2D eigenvalue weighted by molar-refractivity contribution is 8.00. The summed E-state index contributed by atoms with van der Waals surface area (Å²) in [5, 5.41) is 2.34. The molecule has 0 aliphatic rings. The molecule has 21 heavy (non-hydrogen) atoms. The third-order valence-corrected chi connectivity index (χ3v) is 3.64. The van der Waals surface area contributed by atoms with Gasteiger partial charge in [-0.25, -0.2) is 8.78 Å². The zero-order chi connectivity index (χ0) is 15.2. The van der Waals surface area contributed by atoms with Gasteiger partial charge in [-0.05, 0) is 36.4 Å². The van der Waals surface area contributed by atoms with Crippen molar-refractivity contribution >= 4 is 23.4 Å². The van der Waals surface area contributed by atoms with Crippen LogP contribution in [-0.2, 0) is 4.79 Å². The SMILES string of the molecule is COc1ccc(SCC(=O)Nc2cc(F)ccc2F)cc1. The number of amides is 1. The van der Waals surface area contributed by atoms with Gasteiger partial charge >= 0.3 is 0 Å². The monoisotopic (exact) mass is 309 g/mol. The predicted octanol–water partition coefficient (Wildman–Crippen LogP) is 3.70. The molecule has 2 aromatic carbocycles. The van der Waals surface area contributed by atoms with E-state index in [-0.39, 0.29) is 11.4 Å². The summed E-state index contributed by atoms with van der Waals surface area (Å²) >= 11 is 1.29. The van der Waals surface area contributed by atoms with Crippen molar-refractivity contribution in [3.8, 4) is 5.75 Å². The van der Waals surface area contributed by atoms with Gasteiger partial charge in [-0.3, -0.25) is 4.79 Å². The van der Waals surface area contributed by atoms with E-state index in [0.29, 0.717) is 0 Å². The molecule has 0 heterocycles. The van der Waals surface area contributed by atoms with Gasteiger partial charge in [0.15, 0.2) is 0 Å². The van der Waals surface area contributed by atoms with E-state index in [1.165, 1.54) is 11.8 Å². The Morgan fingerprint density at radius 2 is 1.90 bits per heavy atom. The van der Waals surface area contributed by atoms with Gasteiger partial charge in [0.05, 0.1) is 18.6 Å². The molecule has 0 spiro atoms. The molecule has 6 heteroatoms. The Balaban J connectivity index is 1.91. The average molecular weight is 309 g/mol. The first-order valence-corrected chi connectivity index (χ1v) is 7.09. The van der Waals surface area contributed by atoms with E-state index in [2.05, 4.69) is 5.32 Å². The summed E-state index contributed by atoms with van der Waals surface area (Å²) in [6.07, 6.45) is 0. The number of ether oxygens (including phenoxy) is 1. The summed E-state index contributed by atoms with van der Waals surface area (Å²) in [6.45, 7) is 0. The molecule has 110 valence electrons. The molecule has 0 aromatic heterocycles. The molecule has 0 atom stereocenters. The van der Waals surface area contributed by atoms with Gasteiger partial charge in [0.25, 0.3) is 0 Å². The Hall–Kier alpha value is -2.08. The normalized spacial score (nSPS) is 10.2. The molecule has 0 unspecified atom stereocenters. The highest BCUT2D eigenvalue weighted by Crippen LogP contribution is 2.22. The number of carbonyl (C=O) groups is 1. The van der Waals surface area contributed by atoms with Crippen LogP contribution < -0.4 is 10.1 Å². The van der Waals surface area contributed by atoms with E-state index in [9.17, 15) is 13.6 Å². The van der Waals surface area contributed by atoms with Crippen LogP contribution in [0.3, 0.4) is 0 Å². The quantitative estimate of drug-likeness (QED) is 0.856. The first-order chi connectivity index (χ1) is 10.1. The second kappa shape index (κ2) is 7.08. The van der Waals surface area contributed by atoms with Gasteiger partial charge in [-0.2, -0.15) is 0 Å². The first kappa shape index (κ1) is 15.3.